The van der Waals surface area contributed by atoms with Crippen LogP contribution in [0.1, 0.15) is 54.7 Å². The van der Waals surface area contributed by atoms with E-state index in [2.05, 4.69) is 15.6 Å². The van der Waals surface area contributed by atoms with E-state index in [1.165, 1.54) is 0 Å². The van der Waals surface area contributed by atoms with Crippen LogP contribution in [0, 0.1) is 6.92 Å². The lowest BCUT2D eigenvalue weighted by molar-refractivity contribution is -0.124. The molecule has 38 heavy (non-hydrogen) atoms. The van der Waals surface area contributed by atoms with Gasteiger partial charge >= 0.3 is 0 Å². The first kappa shape index (κ1) is 25.7. The molecule has 1 amide bonds. The van der Waals surface area contributed by atoms with Crippen molar-refractivity contribution in [3.8, 4) is 5.75 Å². The van der Waals surface area contributed by atoms with Gasteiger partial charge in [0.25, 0.3) is 5.91 Å². The van der Waals surface area contributed by atoms with Gasteiger partial charge in [0, 0.05) is 17.6 Å². The summed E-state index contributed by atoms with van der Waals surface area (Å²) in [5.74, 6) is 1.47. The molecule has 2 atom stereocenters. The summed E-state index contributed by atoms with van der Waals surface area (Å²) in [5.41, 5.74) is 8.76. The van der Waals surface area contributed by atoms with Crippen LogP contribution >= 0.6 is 0 Å². The average molecular weight is 518 g/mol. The van der Waals surface area contributed by atoms with Gasteiger partial charge in [0.15, 0.2) is 0 Å². The Kier molecular flexibility index (Phi) is 7.88. The molecule has 200 valence electrons. The zero-order chi connectivity index (χ0) is 26.5. The maximum absolute atomic E-state index is 13.2. The Labute approximate surface area is 222 Å². The third kappa shape index (κ3) is 5.96. The van der Waals surface area contributed by atoms with E-state index >= 15 is 0 Å². The van der Waals surface area contributed by atoms with Crippen molar-refractivity contribution in [2.45, 2.75) is 57.5 Å². The number of hydrogen-bond donors (Lipinski definition) is 3. The van der Waals surface area contributed by atoms with Crippen molar-refractivity contribution in [1.82, 2.24) is 15.0 Å². The van der Waals surface area contributed by atoms with Gasteiger partial charge in [0.1, 0.15) is 11.6 Å². The lowest BCUT2D eigenvalue weighted by Gasteiger charge is -2.32. The van der Waals surface area contributed by atoms with Gasteiger partial charge in [-0.25, -0.2) is 20.0 Å². The van der Waals surface area contributed by atoms with Gasteiger partial charge in [0.2, 0.25) is 11.8 Å². The van der Waals surface area contributed by atoms with Crippen LogP contribution in [0.2, 0.25) is 0 Å². The van der Waals surface area contributed by atoms with Crippen molar-refractivity contribution in [1.29, 1.82) is 0 Å². The van der Waals surface area contributed by atoms with Crippen LogP contribution in [0.15, 0.2) is 47.5 Å². The Morgan fingerprint density at radius 1 is 1.11 bits per heavy atom. The van der Waals surface area contributed by atoms with Gasteiger partial charge in [-0.15, -0.1) is 0 Å². The minimum Gasteiger partial charge on any atom is -0.497 e. The Bertz CT molecular complexity index is 1310. The predicted molar refractivity (Wildman–Crippen MR) is 148 cm³/mol. The predicted octanol–water partition coefficient (Wildman–Crippen LogP) is 4.26. The second-order valence-corrected chi connectivity index (χ2v) is 9.83. The van der Waals surface area contributed by atoms with Crippen LogP contribution in [0.4, 0.5) is 11.5 Å². The Morgan fingerprint density at radius 2 is 1.92 bits per heavy atom. The smallest absolute Gasteiger partial charge is 0.293 e. The number of benzene rings is 2. The molecule has 2 aromatic carbocycles. The Balaban J connectivity index is 1.42. The molecule has 5 rings (SSSR count). The highest BCUT2D eigenvalue weighted by Gasteiger charge is 2.28. The highest BCUT2D eigenvalue weighted by molar-refractivity contribution is 6.04. The first-order chi connectivity index (χ1) is 18.5. The van der Waals surface area contributed by atoms with Crippen molar-refractivity contribution < 1.29 is 14.4 Å². The number of hydroxylamine groups is 2. The topological polar surface area (TPSA) is 127 Å². The monoisotopic (exact) mass is 517 g/mol. The van der Waals surface area contributed by atoms with E-state index in [1.807, 2.05) is 25.1 Å². The van der Waals surface area contributed by atoms with Gasteiger partial charge < -0.3 is 21.1 Å². The minimum atomic E-state index is -0.384. The van der Waals surface area contributed by atoms with E-state index in [1.54, 1.807) is 36.4 Å². The number of carbonyl (C=O) groups is 1. The third-order valence-corrected chi connectivity index (χ3v) is 7.01. The fourth-order valence-electron chi connectivity index (χ4n) is 4.94. The first-order valence-electron chi connectivity index (χ1n) is 13.2. The number of guanidine groups is 1. The molecule has 3 aromatic rings. The number of aliphatic imine (C=N–C) groups is 1. The van der Waals surface area contributed by atoms with Crippen molar-refractivity contribution in [2.24, 2.45) is 10.7 Å². The lowest BCUT2D eigenvalue weighted by atomic mass is 9.90. The second-order valence-electron chi connectivity index (χ2n) is 9.83. The fourth-order valence-corrected chi connectivity index (χ4v) is 4.94. The molecule has 10 nitrogen and oxygen atoms in total. The molecule has 2 heterocycles. The number of carbonyl (C=O) groups excluding carboxylic acids is 1. The minimum absolute atomic E-state index is 0.0169. The van der Waals surface area contributed by atoms with Crippen molar-refractivity contribution in [2.75, 3.05) is 30.9 Å². The molecular formula is C28H35N7O3. The maximum atomic E-state index is 13.2. The molecule has 0 radical (unpaired) electrons. The number of hydrogen-bond acceptors (Lipinski definition) is 7. The van der Waals surface area contributed by atoms with E-state index in [-0.39, 0.29) is 23.8 Å². The number of aryl methyl sites for hydroxylation is 1. The quantitative estimate of drug-likeness (QED) is 0.327. The van der Waals surface area contributed by atoms with E-state index < -0.39 is 0 Å². The van der Waals surface area contributed by atoms with E-state index in [4.69, 9.17) is 25.3 Å². The fraction of sp³-hybridized carbons (Fsp3) is 0.429. The maximum Gasteiger partial charge on any atom is 0.293 e. The third-order valence-electron chi connectivity index (χ3n) is 7.01. The SMILES string of the molecule is COc1ccc(NC(=O)c2nc(N[C@H]3CCCC[C@H]3N=C(N)N3CCCCO3)c3cc(C)ccc3n2)cc1. The highest BCUT2D eigenvalue weighted by Crippen LogP contribution is 2.29. The number of fused-ring (bicyclic) bond motifs is 1. The summed E-state index contributed by atoms with van der Waals surface area (Å²) in [4.78, 5) is 33.0. The number of aromatic nitrogens is 2. The molecule has 2 fully saturated rings. The number of nitrogens with zero attached hydrogens (tertiary/aromatic N) is 4. The largest absolute Gasteiger partial charge is 0.497 e. The van der Waals surface area contributed by atoms with Crippen LogP contribution in [-0.4, -0.2) is 59.2 Å². The summed E-state index contributed by atoms with van der Waals surface area (Å²) in [6.45, 7) is 3.44. The molecule has 10 heteroatoms. The average Bonchev–Trinajstić information content (AvgIpc) is 2.95. The van der Waals surface area contributed by atoms with Gasteiger partial charge in [-0.1, -0.05) is 24.5 Å². The van der Waals surface area contributed by atoms with Crippen LogP contribution in [0.25, 0.3) is 10.9 Å². The molecule has 1 saturated carbocycles. The number of amides is 1. The summed E-state index contributed by atoms with van der Waals surface area (Å²) in [6, 6.07) is 13.1. The molecule has 0 spiro atoms. The van der Waals surface area contributed by atoms with Crippen LogP contribution in [0.5, 0.6) is 5.75 Å². The lowest BCUT2D eigenvalue weighted by Crippen LogP contribution is -2.44. The van der Waals surface area contributed by atoms with Gasteiger partial charge in [0.05, 0.1) is 31.3 Å². The van der Waals surface area contributed by atoms with E-state index in [0.29, 0.717) is 35.3 Å². The number of rotatable bonds is 6. The molecule has 1 saturated heterocycles. The Morgan fingerprint density at radius 3 is 2.68 bits per heavy atom. The summed E-state index contributed by atoms with van der Waals surface area (Å²) < 4.78 is 5.20. The number of anilines is 2. The zero-order valence-corrected chi connectivity index (χ0v) is 21.9. The number of methoxy groups -OCH3 is 1. The Hall–Kier alpha value is -3.92. The summed E-state index contributed by atoms with van der Waals surface area (Å²) >= 11 is 0. The molecule has 0 bridgehead atoms. The number of nitrogens with one attached hydrogen (secondary N) is 2. The number of nitrogens with two attached hydrogens (primary N) is 1. The van der Waals surface area contributed by atoms with E-state index in [0.717, 1.165) is 56.0 Å². The normalized spacial score (nSPS) is 20.3. The summed E-state index contributed by atoms with van der Waals surface area (Å²) in [5, 5.41) is 9.07. The second kappa shape index (κ2) is 11.6. The van der Waals surface area contributed by atoms with Crippen molar-refractivity contribution in [3.63, 3.8) is 0 Å². The summed E-state index contributed by atoms with van der Waals surface area (Å²) in [6.07, 6.45) is 6.07. The van der Waals surface area contributed by atoms with Crippen molar-refractivity contribution >= 4 is 34.3 Å². The number of ether oxygens (including phenoxy) is 1. The van der Waals surface area contributed by atoms with Crippen LogP contribution < -0.4 is 21.1 Å². The standard InChI is InChI=1S/C28H35N7O3/c1-18-9-14-22-21(17-18)25(34-26(31-22)27(36)30-19-10-12-20(37-2)13-11-19)32-23-7-3-4-8-24(23)33-28(29)35-15-5-6-16-38-35/h9-14,17,23-24H,3-8,15-16H2,1-2H3,(H2,29,33)(H,30,36)(H,31,32,34)/t23-,24+/m0/s1. The molecule has 0 unspecified atom stereocenters. The molecule has 2 aliphatic rings. The van der Waals surface area contributed by atoms with E-state index in [9.17, 15) is 4.79 Å². The summed E-state index contributed by atoms with van der Waals surface area (Å²) in [7, 11) is 1.60. The first-order valence-corrected chi connectivity index (χ1v) is 13.2. The molecule has 1 aliphatic heterocycles. The van der Waals surface area contributed by atoms with Crippen LogP contribution in [0.3, 0.4) is 0 Å². The molecule has 1 aliphatic carbocycles. The van der Waals surface area contributed by atoms with Crippen molar-refractivity contribution in [3.05, 3.63) is 53.9 Å². The highest BCUT2D eigenvalue weighted by atomic mass is 16.7. The molecule has 4 N–H and O–H groups in total. The molecular weight excluding hydrogens is 482 g/mol. The van der Waals surface area contributed by atoms with Gasteiger partial charge in [-0.3, -0.25) is 9.63 Å². The van der Waals surface area contributed by atoms with Gasteiger partial charge in [-0.05, 0) is 69.0 Å². The zero-order valence-electron chi connectivity index (χ0n) is 21.9. The van der Waals surface area contributed by atoms with Gasteiger partial charge in [-0.2, -0.15) is 0 Å². The molecule has 1 aromatic heterocycles. The van der Waals surface area contributed by atoms with Crippen LogP contribution in [-0.2, 0) is 4.84 Å².